The lowest BCUT2D eigenvalue weighted by molar-refractivity contribution is 0.764. The Balaban J connectivity index is 1.70. The van der Waals surface area contributed by atoms with Gasteiger partial charge in [-0.05, 0) is 24.0 Å². The first kappa shape index (κ1) is 14.1. The summed E-state index contributed by atoms with van der Waals surface area (Å²) in [6.07, 6.45) is 8.74. The Morgan fingerprint density at radius 3 is 2.39 bits per heavy atom. The summed E-state index contributed by atoms with van der Waals surface area (Å²) in [5.74, 6) is 0. The summed E-state index contributed by atoms with van der Waals surface area (Å²) in [5, 5.41) is 0. The highest BCUT2D eigenvalue weighted by atomic mass is 15.1. The highest BCUT2D eigenvalue weighted by Crippen LogP contribution is 2.33. The average Bonchev–Trinajstić information content (AvgIpc) is 3.35. The lowest BCUT2D eigenvalue weighted by Crippen LogP contribution is -2.27. The maximum Gasteiger partial charge on any atom is 0.241 e. The van der Waals surface area contributed by atoms with Crippen molar-refractivity contribution in [3.8, 4) is 0 Å². The van der Waals surface area contributed by atoms with E-state index in [1.165, 1.54) is 29.4 Å². The van der Waals surface area contributed by atoms with E-state index in [1.54, 1.807) is 0 Å². The summed E-state index contributed by atoms with van der Waals surface area (Å²) in [6, 6.07) is 21.6. The molecule has 1 aromatic heterocycles. The predicted octanol–water partition coefficient (Wildman–Crippen LogP) is 3.75. The van der Waals surface area contributed by atoms with E-state index in [0.717, 1.165) is 5.72 Å². The van der Waals surface area contributed by atoms with Gasteiger partial charge < -0.3 is 4.57 Å². The molecule has 1 heterocycles. The SMILES string of the molecule is [B](C(=Cc1ccccc1)c1ccccc1)c1nccn1C1CC1. The summed E-state index contributed by atoms with van der Waals surface area (Å²) in [6.45, 7) is 0. The van der Waals surface area contributed by atoms with Gasteiger partial charge in [0.25, 0.3) is 0 Å². The Kier molecular flexibility index (Phi) is 3.85. The van der Waals surface area contributed by atoms with Crippen molar-refractivity contribution >= 4 is 24.6 Å². The molecule has 0 amide bonds. The van der Waals surface area contributed by atoms with Crippen molar-refractivity contribution in [3.05, 3.63) is 84.2 Å². The van der Waals surface area contributed by atoms with Crippen LogP contribution in [0, 0.1) is 0 Å². The Bertz CT molecular complexity index is 802. The molecular weight excluding hydrogens is 279 g/mol. The van der Waals surface area contributed by atoms with Gasteiger partial charge in [-0.15, -0.1) is 0 Å². The van der Waals surface area contributed by atoms with Crippen molar-refractivity contribution < 1.29 is 0 Å². The number of aromatic nitrogens is 2. The van der Waals surface area contributed by atoms with Gasteiger partial charge in [0.05, 0.1) is 5.72 Å². The third kappa shape index (κ3) is 3.29. The molecule has 111 valence electrons. The van der Waals surface area contributed by atoms with Crippen molar-refractivity contribution in [3.63, 3.8) is 0 Å². The van der Waals surface area contributed by atoms with Crippen molar-refractivity contribution in [2.24, 2.45) is 0 Å². The largest absolute Gasteiger partial charge is 0.340 e. The molecule has 0 N–H and O–H groups in total. The molecule has 0 unspecified atom stereocenters. The minimum Gasteiger partial charge on any atom is -0.340 e. The molecule has 3 heteroatoms. The third-order valence-electron chi connectivity index (χ3n) is 4.15. The van der Waals surface area contributed by atoms with Crippen molar-refractivity contribution in [1.29, 1.82) is 0 Å². The van der Waals surface area contributed by atoms with E-state index in [1.807, 2.05) is 12.3 Å². The monoisotopic (exact) mass is 297 g/mol. The number of imidazole rings is 1. The van der Waals surface area contributed by atoms with E-state index in [4.69, 9.17) is 0 Å². The summed E-state index contributed by atoms with van der Waals surface area (Å²) in [5.41, 5.74) is 4.64. The van der Waals surface area contributed by atoms with Crippen molar-refractivity contribution in [1.82, 2.24) is 9.55 Å². The van der Waals surface area contributed by atoms with Crippen LogP contribution in [0.4, 0.5) is 0 Å². The van der Waals surface area contributed by atoms with Gasteiger partial charge in [-0.3, -0.25) is 4.98 Å². The molecule has 0 aliphatic heterocycles. The van der Waals surface area contributed by atoms with E-state index < -0.39 is 0 Å². The minimum atomic E-state index is 0.637. The molecule has 0 atom stereocenters. The molecule has 1 fully saturated rings. The molecule has 2 nitrogen and oxygen atoms in total. The lowest BCUT2D eigenvalue weighted by atomic mass is 9.65. The maximum absolute atomic E-state index is 4.55. The molecular formula is C20H18BN2. The standard InChI is InChI=1S/C20H18BN2/c1-3-7-16(8-4-1)15-19(17-9-5-2-6-10-17)21-20-22-13-14-23(20)18-11-12-18/h1-10,13-15,18H,11-12H2. The average molecular weight is 297 g/mol. The van der Waals surface area contributed by atoms with Gasteiger partial charge in [0, 0.05) is 18.4 Å². The van der Waals surface area contributed by atoms with Gasteiger partial charge in [-0.1, -0.05) is 72.2 Å². The third-order valence-corrected chi connectivity index (χ3v) is 4.15. The normalized spacial score (nSPS) is 14.7. The Morgan fingerprint density at radius 2 is 1.70 bits per heavy atom. The molecule has 23 heavy (non-hydrogen) atoms. The van der Waals surface area contributed by atoms with Crippen LogP contribution in [0.3, 0.4) is 0 Å². The summed E-state index contributed by atoms with van der Waals surface area (Å²) in [7, 11) is 2.20. The van der Waals surface area contributed by atoms with Crippen molar-refractivity contribution in [2.45, 2.75) is 18.9 Å². The van der Waals surface area contributed by atoms with Gasteiger partial charge in [0.2, 0.25) is 7.28 Å². The minimum absolute atomic E-state index is 0.637. The summed E-state index contributed by atoms with van der Waals surface area (Å²) >= 11 is 0. The smallest absolute Gasteiger partial charge is 0.241 e. The number of hydrogen-bond donors (Lipinski definition) is 0. The van der Waals surface area contributed by atoms with Gasteiger partial charge in [-0.25, -0.2) is 0 Å². The molecule has 1 aliphatic rings. The first-order valence-electron chi connectivity index (χ1n) is 8.10. The second-order valence-electron chi connectivity index (χ2n) is 5.94. The van der Waals surface area contributed by atoms with Gasteiger partial charge in [-0.2, -0.15) is 0 Å². The first-order valence-corrected chi connectivity index (χ1v) is 8.10. The first-order chi connectivity index (χ1) is 11.4. The van der Waals surface area contributed by atoms with Crippen LogP contribution in [0.15, 0.2) is 73.1 Å². The number of hydrogen-bond acceptors (Lipinski definition) is 1. The second kappa shape index (κ2) is 6.29. The molecule has 4 rings (SSSR count). The summed E-state index contributed by atoms with van der Waals surface area (Å²) in [4.78, 5) is 4.55. The van der Waals surface area contributed by atoms with Gasteiger partial charge in [0.15, 0.2) is 0 Å². The van der Waals surface area contributed by atoms with Crippen LogP contribution in [0.5, 0.6) is 0 Å². The topological polar surface area (TPSA) is 17.8 Å². The van der Waals surface area contributed by atoms with Crippen LogP contribution < -0.4 is 5.72 Å². The number of benzene rings is 2. The van der Waals surface area contributed by atoms with Crippen LogP contribution in [0.2, 0.25) is 0 Å². The molecule has 1 saturated carbocycles. The van der Waals surface area contributed by atoms with Crippen LogP contribution in [0.25, 0.3) is 11.5 Å². The van der Waals surface area contributed by atoms with Crippen LogP contribution >= 0.6 is 0 Å². The van der Waals surface area contributed by atoms with E-state index in [9.17, 15) is 0 Å². The fraction of sp³-hybridized carbons (Fsp3) is 0.150. The van der Waals surface area contributed by atoms with Crippen LogP contribution in [-0.4, -0.2) is 16.8 Å². The highest BCUT2D eigenvalue weighted by molar-refractivity contribution is 6.73. The molecule has 0 bridgehead atoms. The van der Waals surface area contributed by atoms with Crippen molar-refractivity contribution in [2.75, 3.05) is 0 Å². The van der Waals surface area contributed by atoms with Crippen LogP contribution in [0.1, 0.15) is 30.0 Å². The fourth-order valence-corrected chi connectivity index (χ4v) is 2.80. The van der Waals surface area contributed by atoms with Crippen LogP contribution in [-0.2, 0) is 0 Å². The van der Waals surface area contributed by atoms with E-state index in [0.29, 0.717) is 6.04 Å². The van der Waals surface area contributed by atoms with E-state index in [2.05, 4.69) is 83.7 Å². The maximum atomic E-state index is 4.55. The zero-order valence-electron chi connectivity index (χ0n) is 13.0. The molecule has 0 saturated heterocycles. The fourth-order valence-electron chi connectivity index (χ4n) is 2.80. The number of rotatable bonds is 5. The Hall–Kier alpha value is -2.55. The highest BCUT2D eigenvalue weighted by Gasteiger charge is 2.25. The van der Waals surface area contributed by atoms with Gasteiger partial charge in [0.1, 0.15) is 0 Å². The predicted molar refractivity (Wildman–Crippen MR) is 96.6 cm³/mol. The molecule has 0 spiro atoms. The molecule has 2 aromatic carbocycles. The zero-order valence-corrected chi connectivity index (χ0v) is 13.0. The lowest BCUT2D eigenvalue weighted by Gasteiger charge is -2.10. The molecule has 1 aliphatic carbocycles. The van der Waals surface area contributed by atoms with E-state index >= 15 is 0 Å². The quantitative estimate of drug-likeness (QED) is 0.518. The number of nitrogens with zero attached hydrogens (tertiary/aromatic N) is 2. The zero-order chi connectivity index (χ0) is 15.5. The molecule has 1 radical (unpaired) electrons. The Morgan fingerprint density at radius 1 is 1.00 bits per heavy atom. The van der Waals surface area contributed by atoms with Gasteiger partial charge >= 0.3 is 0 Å². The van der Waals surface area contributed by atoms with E-state index in [-0.39, 0.29) is 0 Å². The molecule has 3 aromatic rings. The second-order valence-corrected chi connectivity index (χ2v) is 5.94. The summed E-state index contributed by atoms with van der Waals surface area (Å²) < 4.78 is 2.29. The Labute approximate surface area is 137 Å².